The molecule has 2 aromatic rings. The summed E-state index contributed by atoms with van der Waals surface area (Å²) in [5.41, 5.74) is 3.64. The molecule has 3 rings (SSSR count). The molecule has 6 nitrogen and oxygen atoms in total. The van der Waals surface area contributed by atoms with E-state index in [-0.39, 0.29) is 0 Å². The van der Waals surface area contributed by atoms with Crippen molar-refractivity contribution in [2.24, 2.45) is 4.99 Å². The van der Waals surface area contributed by atoms with E-state index in [0.29, 0.717) is 18.8 Å². The summed E-state index contributed by atoms with van der Waals surface area (Å²) in [5.74, 6) is 0.906. The molecular weight excluding hydrogens is 394 g/mol. The third kappa shape index (κ3) is 6.79. The zero-order valence-corrected chi connectivity index (χ0v) is 19.7. The van der Waals surface area contributed by atoms with Crippen LogP contribution in [0.5, 0.6) is 0 Å². The number of morpholine rings is 1. The number of hydrogen-bond acceptors (Lipinski definition) is 5. The summed E-state index contributed by atoms with van der Waals surface area (Å²) in [5, 5.41) is 6.60. The van der Waals surface area contributed by atoms with Crippen LogP contribution in [0.3, 0.4) is 0 Å². The van der Waals surface area contributed by atoms with E-state index in [1.165, 1.54) is 11.1 Å². The van der Waals surface area contributed by atoms with E-state index in [0.717, 1.165) is 49.4 Å². The van der Waals surface area contributed by atoms with Gasteiger partial charge in [0.25, 0.3) is 0 Å². The van der Waals surface area contributed by atoms with Crippen molar-refractivity contribution in [1.29, 1.82) is 0 Å². The van der Waals surface area contributed by atoms with Gasteiger partial charge in [0.05, 0.1) is 36.0 Å². The molecule has 2 heterocycles. The summed E-state index contributed by atoms with van der Waals surface area (Å²) in [6.45, 7) is 13.7. The molecular formula is C23H35N5OS. The van der Waals surface area contributed by atoms with Crippen LogP contribution in [0.25, 0.3) is 0 Å². The Bertz CT molecular complexity index is 809. The molecule has 1 N–H and O–H groups in total. The molecule has 1 saturated heterocycles. The third-order valence-corrected chi connectivity index (χ3v) is 5.92. The molecule has 1 aromatic carbocycles. The minimum atomic E-state index is 0.303. The molecule has 0 bridgehead atoms. The van der Waals surface area contributed by atoms with E-state index in [9.17, 15) is 0 Å². The highest BCUT2D eigenvalue weighted by Crippen LogP contribution is 2.15. The minimum absolute atomic E-state index is 0.303. The Morgan fingerprint density at radius 1 is 1.23 bits per heavy atom. The molecule has 1 aliphatic rings. The summed E-state index contributed by atoms with van der Waals surface area (Å²) in [7, 11) is 2.06. The number of benzene rings is 1. The second-order valence-electron chi connectivity index (χ2n) is 8.15. The summed E-state index contributed by atoms with van der Waals surface area (Å²) in [4.78, 5) is 14.0. The monoisotopic (exact) mass is 429 g/mol. The number of nitrogens with zero attached hydrogens (tertiary/aromatic N) is 4. The largest absolute Gasteiger partial charge is 0.373 e. The van der Waals surface area contributed by atoms with Gasteiger partial charge in [0.1, 0.15) is 0 Å². The first-order valence-corrected chi connectivity index (χ1v) is 11.7. The van der Waals surface area contributed by atoms with Gasteiger partial charge in [0.2, 0.25) is 0 Å². The molecule has 7 heteroatoms. The number of aryl methyl sites for hydroxylation is 1. The van der Waals surface area contributed by atoms with Crippen molar-refractivity contribution in [3.05, 3.63) is 51.5 Å². The highest BCUT2D eigenvalue weighted by Gasteiger charge is 2.21. The highest BCUT2D eigenvalue weighted by atomic mass is 32.1. The molecule has 0 radical (unpaired) electrons. The van der Waals surface area contributed by atoms with Crippen molar-refractivity contribution in [3.63, 3.8) is 0 Å². The van der Waals surface area contributed by atoms with Gasteiger partial charge in [0, 0.05) is 38.6 Å². The van der Waals surface area contributed by atoms with Crippen LogP contribution in [0.15, 0.2) is 34.6 Å². The van der Waals surface area contributed by atoms with E-state index in [1.807, 2.05) is 6.92 Å². The zero-order chi connectivity index (χ0) is 21.5. The van der Waals surface area contributed by atoms with Gasteiger partial charge in [-0.2, -0.15) is 0 Å². The van der Waals surface area contributed by atoms with E-state index in [2.05, 4.69) is 77.6 Å². The Kier molecular flexibility index (Phi) is 8.24. The van der Waals surface area contributed by atoms with Crippen molar-refractivity contribution in [2.75, 3.05) is 26.7 Å². The number of aliphatic imine (C=N–C) groups is 1. The van der Waals surface area contributed by atoms with Crippen LogP contribution in [0.1, 0.15) is 42.6 Å². The normalized spacial score (nSPS) is 20.4. The Labute approximate surface area is 185 Å². The van der Waals surface area contributed by atoms with Gasteiger partial charge in [-0.15, -0.1) is 11.3 Å². The maximum absolute atomic E-state index is 5.84. The molecule has 1 fully saturated rings. The molecule has 0 spiro atoms. The highest BCUT2D eigenvalue weighted by molar-refractivity contribution is 7.09. The molecule has 0 amide bonds. The smallest absolute Gasteiger partial charge is 0.194 e. The van der Waals surface area contributed by atoms with Crippen LogP contribution in [0.4, 0.5) is 0 Å². The van der Waals surface area contributed by atoms with Gasteiger partial charge in [-0.3, -0.25) is 4.90 Å². The van der Waals surface area contributed by atoms with Crippen LogP contribution in [0.2, 0.25) is 0 Å². The number of thiazole rings is 1. The number of aromatic nitrogens is 1. The van der Waals surface area contributed by atoms with E-state index in [4.69, 9.17) is 9.73 Å². The Balaban J connectivity index is 1.57. The first kappa shape index (κ1) is 22.7. The second-order valence-corrected chi connectivity index (χ2v) is 9.21. The third-order valence-electron chi connectivity index (χ3n) is 5.10. The fourth-order valence-electron chi connectivity index (χ4n) is 3.86. The predicted molar refractivity (Wildman–Crippen MR) is 125 cm³/mol. The van der Waals surface area contributed by atoms with Crippen LogP contribution < -0.4 is 5.32 Å². The van der Waals surface area contributed by atoms with Gasteiger partial charge < -0.3 is 15.0 Å². The number of nitrogens with one attached hydrogen (secondary N) is 1. The summed E-state index contributed by atoms with van der Waals surface area (Å²) in [6, 6.07) is 8.84. The van der Waals surface area contributed by atoms with Crippen molar-refractivity contribution in [3.8, 4) is 0 Å². The number of guanidine groups is 1. The lowest BCUT2D eigenvalue weighted by molar-refractivity contribution is -0.0704. The van der Waals surface area contributed by atoms with E-state index in [1.54, 1.807) is 11.3 Å². The van der Waals surface area contributed by atoms with E-state index >= 15 is 0 Å². The Hall–Kier alpha value is -1.96. The fraction of sp³-hybridized carbons (Fsp3) is 0.565. The maximum atomic E-state index is 5.84. The molecule has 0 aliphatic carbocycles. The second kappa shape index (κ2) is 10.9. The quantitative estimate of drug-likeness (QED) is 0.538. The number of rotatable bonds is 7. The number of hydrogen-bond donors (Lipinski definition) is 1. The Morgan fingerprint density at radius 2 is 1.90 bits per heavy atom. The standard InChI is InChI=1S/C23H35N5OS/c1-6-24-23(27(5)15-22-16-30-19(4)26-22)25-11-20-7-9-21(10-8-20)14-28-12-17(2)29-18(3)13-28/h7-10,16-18H,6,11-15H2,1-5H3,(H,24,25). The zero-order valence-electron chi connectivity index (χ0n) is 18.9. The first-order valence-electron chi connectivity index (χ1n) is 10.8. The summed E-state index contributed by atoms with van der Waals surface area (Å²) < 4.78 is 5.84. The SMILES string of the molecule is CCNC(=NCc1ccc(CN2CC(C)OC(C)C2)cc1)N(C)Cc1csc(C)n1. The topological polar surface area (TPSA) is 53.0 Å². The van der Waals surface area contributed by atoms with Gasteiger partial charge in [-0.1, -0.05) is 24.3 Å². The first-order chi connectivity index (χ1) is 14.4. The molecule has 1 aliphatic heterocycles. The van der Waals surface area contributed by atoms with Gasteiger partial charge in [-0.25, -0.2) is 9.98 Å². The van der Waals surface area contributed by atoms with Crippen LogP contribution in [-0.4, -0.2) is 59.6 Å². The van der Waals surface area contributed by atoms with Gasteiger partial charge in [0.15, 0.2) is 5.96 Å². The average molecular weight is 430 g/mol. The van der Waals surface area contributed by atoms with E-state index < -0.39 is 0 Å². The van der Waals surface area contributed by atoms with Gasteiger partial charge >= 0.3 is 0 Å². The van der Waals surface area contributed by atoms with Crippen LogP contribution >= 0.6 is 11.3 Å². The summed E-state index contributed by atoms with van der Waals surface area (Å²) in [6.07, 6.45) is 0.606. The van der Waals surface area contributed by atoms with Crippen LogP contribution in [0, 0.1) is 6.92 Å². The average Bonchev–Trinajstić information content (AvgIpc) is 3.10. The molecule has 30 heavy (non-hydrogen) atoms. The fourth-order valence-corrected chi connectivity index (χ4v) is 4.46. The molecule has 0 saturated carbocycles. The minimum Gasteiger partial charge on any atom is -0.373 e. The summed E-state index contributed by atoms with van der Waals surface area (Å²) >= 11 is 1.69. The van der Waals surface area contributed by atoms with Crippen molar-refractivity contribution < 1.29 is 4.74 Å². The van der Waals surface area contributed by atoms with Crippen LogP contribution in [-0.2, 0) is 24.4 Å². The molecule has 164 valence electrons. The lowest BCUT2D eigenvalue weighted by Crippen LogP contribution is -2.44. The van der Waals surface area contributed by atoms with Crippen molar-refractivity contribution in [2.45, 2.75) is 59.5 Å². The van der Waals surface area contributed by atoms with Crippen molar-refractivity contribution in [1.82, 2.24) is 20.1 Å². The van der Waals surface area contributed by atoms with Gasteiger partial charge in [-0.05, 0) is 38.8 Å². The molecule has 2 atom stereocenters. The lowest BCUT2D eigenvalue weighted by atomic mass is 10.1. The predicted octanol–water partition coefficient (Wildman–Crippen LogP) is 3.66. The molecule has 2 unspecified atom stereocenters. The maximum Gasteiger partial charge on any atom is 0.194 e. The Morgan fingerprint density at radius 3 is 2.50 bits per heavy atom. The number of ether oxygens (including phenoxy) is 1. The van der Waals surface area contributed by atoms with Crippen molar-refractivity contribution >= 4 is 17.3 Å². The lowest BCUT2D eigenvalue weighted by Gasteiger charge is -2.35. The molecule has 1 aromatic heterocycles.